The van der Waals surface area contributed by atoms with Gasteiger partial charge >= 0.3 is 6.03 Å². The Bertz CT molecular complexity index is 513. The van der Waals surface area contributed by atoms with Gasteiger partial charge in [0.1, 0.15) is 0 Å². The van der Waals surface area contributed by atoms with Gasteiger partial charge in [-0.3, -0.25) is 4.79 Å². The van der Waals surface area contributed by atoms with Crippen molar-refractivity contribution < 1.29 is 9.59 Å². The van der Waals surface area contributed by atoms with Gasteiger partial charge in [0.15, 0.2) is 0 Å². The number of rotatable bonds is 5. The summed E-state index contributed by atoms with van der Waals surface area (Å²) in [5.41, 5.74) is 6.26. The fourth-order valence-corrected chi connectivity index (χ4v) is 2.61. The number of nitrogens with one attached hydrogen (secondary N) is 3. The van der Waals surface area contributed by atoms with Crippen LogP contribution in [0.15, 0.2) is 24.3 Å². The second-order valence-electron chi connectivity index (χ2n) is 5.33. The average molecular weight is 327 g/mol. The summed E-state index contributed by atoms with van der Waals surface area (Å²) >= 11 is 0. The SMILES string of the molecule is CCC1(C(=O)Nc2ccc(CNC(N)=O)cc2)CCCN1.Cl. The largest absolute Gasteiger partial charge is 0.352 e. The molecule has 1 saturated heterocycles. The van der Waals surface area contributed by atoms with E-state index >= 15 is 0 Å². The summed E-state index contributed by atoms with van der Waals surface area (Å²) in [5, 5.41) is 8.79. The minimum Gasteiger partial charge on any atom is -0.352 e. The lowest BCUT2D eigenvalue weighted by atomic mass is 9.93. The average Bonchev–Trinajstić information content (AvgIpc) is 2.96. The van der Waals surface area contributed by atoms with Crippen molar-refractivity contribution in [1.29, 1.82) is 0 Å². The first-order valence-electron chi connectivity index (χ1n) is 7.24. The topological polar surface area (TPSA) is 96.2 Å². The van der Waals surface area contributed by atoms with E-state index < -0.39 is 11.6 Å². The predicted octanol–water partition coefficient (Wildman–Crippen LogP) is 1.75. The molecular weight excluding hydrogens is 304 g/mol. The molecule has 1 aromatic carbocycles. The maximum atomic E-state index is 12.4. The van der Waals surface area contributed by atoms with E-state index in [1.165, 1.54) is 0 Å². The third-order valence-electron chi connectivity index (χ3n) is 3.96. The van der Waals surface area contributed by atoms with Gasteiger partial charge in [0.05, 0.1) is 5.54 Å². The molecule has 1 atom stereocenters. The first kappa shape index (κ1) is 18.3. The van der Waals surface area contributed by atoms with Crippen LogP contribution in [0.3, 0.4) is 0 Å². The van der Waals surface area contributed by atoms with Crippen LogP contribution >= 0.6 is 12.4 Å². The van der Waals surface area contributed by atoms with E-state index in [0.717, 1.165) is 37.1 Å². The van der Waals surface area contributed by atoms with E-state index in [2.05, 4.69) is 16.0 Å². The zero-order chi connectivity index (χ0) is 15.3. The minimum absolute atomic E-state index is 0. The molecule has 1 unspecified atom stereocenters. The van der Waals surface area contributed by atoms with Gasteiger partial charge in [-0.1, -0.05) is 19.1 Å². The molecule has 0 saturated carbocycles. The van der Waals surface area contributed by atoms with E-state index in [4.69, 9.17) is 5.73 Å². The van der Waals surface area contributed by atoms with Crippen LogP contribution in [0, 0.1) is 0 Å². The van der Waals surface area contributed by atoms with Crippen LogP contribution in [0.25, 0.3) is 0 Å². The fraction of sp³-hybridized carbons (Fsp3) is 0.467. The summed E-state index contributed by atoms with van der Waals surface area (Å²) in [6, 6.07) is 6.81. The van der Waals surface area contributed by atoms with E-state index in [1.807, 2.05) is 31.2 Å². The molecule has 3 amide bonds. The molecule has 0 aliphatic carbocycles. The Hall–Kier alpha value is -1.79. The zero-order valence-electron chi connectivity index (χ0n) is 12.6. The first-order chi connectivity index (χ1) is 10.1. The molecule has 2 rings (SSSR count). The quantitative estimate of drug-likeness (QED) is 0.663. The summed E-state index contributed by atoms with van der Waals surface area (Å²) in [6.45, 7) is 3.29. The molecule has 1 aromatic rings. The van der Waals surface area contributed by atoms with Crippen LogP contribution in [0.5, 0.6) is 0 Å². The van der Waals surface area contributed by atoms with Gasteiger partial charge in [-0.05, 0) is 43.5 Å². The van der Waals surface area contributed by atoms with E-state index in [1.54, 1.807) is 0 Å². The highest BCUT2D eigenvalue weighted by Gasteiger charge is 2.38. The zero-order valence-corrected chi connectivity index (χ0v) is 13.5. The Labute approximate surface area is 136 Å². The summed E-state index contributed by atoms with van der Waals surface area (Å²) in [5.74, 6) is 0.0190. The molecule has 22 heavy (non-hydrogen) atoms. The summed E-state index contributed by atoms with van der Waals surface area (Å²) in [4.78, 5) is 23.1. The van der Waals surface area contributed by atoms with Crippen LogP contribution in [-0.4, -0.2) is 24.0 Å². The summed E-state index contributed by atoms with van der Waals surface area (Å²) in [6.07, 6.45) is 2.67. The number of halogens is 1. The molecule has 6 nitrogen and oxygen atoms in total. The van der Waals surface area contributed by atoms with Gasteiger partial charge < -0.3 is 21.7 Å². The van der Waals surface area contributed by atoms with Crippen molar-refractivity contribution in [2.45, 2.75) is 38.3 Å². The number of benzene rings is 1. The Kier molecular flexibility index (Phi) is 6.64. The van der Waals surface area contributed by atoms with Gasteiger partial charge in [-0.2, -0.15) is 0 Å². The van der Waals surface area contributed by atoms with Crippen molar-refractivity contribution in [3.8, 4) is 0 Å². The predicted molar refractivity (Wildman–Crippen MR) is 89.0 cm³/mol. The number of nitrogens with two attached hydrogens (primary N) is 1. The van der Waals surface area contributed by atoms with Gasteiger partial charge in [-0.15, -0.1) is 12.4 Å². The van der Waals surface area contributed by atoms with Crippen molar-refractivity contribution in [3.05, 3.63) is 29.8 Å². The normalized spacial score (nSPS) is 20.0. The number of carbonyl (C=O) groups is 2. The lowest BCUT2D eigenvalue weighted by molar-refractivity contribution is -0.122. The number of amides is 3. The maximum absolute atomic E-state index is 12.4. The molecule has 1 fully saturated rings. The van der Waals surface area contributed by atoms with Gasteiger partial charge in [0.25, 0.3) is 0 Å². The van der Waals surface area contributed by atoms with Crippen LogP contribution in [-0.2, 0) is 11.3 Å². The molecule has 7 heteroatoms. The van der Waals surface area contributed by atoms with Crippen LogP contribution < -0.4 is 21.7 Å². The summed E-state index contributed by atoms with van der Waals surface area (Å²) < 4.78 is 0. The highest BCUT2D eigenvalue weighted by molar-refractivity contribution is 5.98. The number of primary amides is 1. The van der Waals surface area contributed by atoms with Gasteiger partial charge in [-0.25, -0.2) is 4.79 Å². The highest BCUT2D eigenvalue weighted by atomic mass is 35.5. The van der Waals surface area contributed by atoms with Crippen LogP contribution in [0.2, 0.25) is 0 Å². The van der Waals surface area contributed by atoms with E-state index in [9.17, 15) is 9.59 Å². The molecule has 0 spiro atoms. The lowest BCUT2D eigenvalue weighted by Crippen LogP contribution is -2.50. The molecule has 0 aromatic heterocycles. The Morgan fingerprint density at radius 2 is 2.00 bits per heavy atom. The Morgan fingerprint density at radius 3 is 2.50 bits per heavy atom. The molecule has 122 valence electrons. The van der Waals surface area contributed by atoms with Crippen molar-refractivity contribution >= 4 is 30.0 Å². The van der Waals surface area contributed by atoms with Crippen molar-refractivity contribution in [3.63, 3.8) is 0 Å². The second kappa shape index (κ2) is 8.00. The number of urea groups is 1. The second-order valence-corrected chi connectivity index (χ2v) is 5.33. The molecule has 5 N–H and O–H groups in total. The van der Waals surface area contributed by atoms with Gasteiger partial charge in [0.2, 0.25) is 5.91 Å². The third-order valence-corrected chi connectivity index (χ3v) is 3.96. The Balaban J connectivity index is 0.00000242. The fourth-order valence-electron chi connectivity index (χ4n) is 2.61. The third kappa shape index (κ3) is 4.35. The van der Waals surface area contributed by atoms with Crippen molar-refractivity contribution in [2.75, 3.05) is 11.9 Å². The molecule has 0 bridgehead atoms. The standard InChI is InChI=1S/C15H22N4O2.ClH/c1-2-15(8-3-9-18-15)13(20)19-12-6-4-11(5-7-12)10-17-14(16)21;/h4-7,18H,2-3,8-10H2,1H3,(H,19,20)(H3,16,17,21);1H. The van der Waals surface area contributed by atoms with Crippen molar-refractivity contribution in [1.82, 2.24) is 10.6 Å². The maximum Gasteiger partial charge on any atom is 0.312 e. The first-order valence-corrected chi connectivity index (χ1v) is 7.24. The summed E-state index contributed by atoms with van der Waals surface area (Å²) in [7, 11) is 0. The smallest absolute Gasteiger partial charge is 0.312 e. The molecule has 1 aliphatic heterocycles. The van der Waals surface area contributed by atoms with Crippen LogP contribution in [0.1, 0.15) is 31.7 Å². The Morgan fingerprint density at radius 1 is 1.32 bits per heavy atom. The number of hydrogen-bond acceptors (Lipinski definition) is 3. The number of hydrogen-bond donors (Lipinski definition) is 4. The minimum atomic E-state index is -0.551. The monoisotopic (exact) mass is 326 g/mol. The molecule has 1 heterocycles. The van der Waals surface area contributed by atoms with Crippen LogP contribution in [0.4, 0.5) is 10.5 Å². The molecule has 1 aliphatic rings. The van der Waals surface area contributed by atoms with Crippen molar-refractivity contribution in [2.24, 2.45) is 5.73 Å². The highest BCUT2D eigenvalue weighted by Crippen LogP contribution is 2.25. The lowest BCUT2D eigenvalue weighted by Gasteiger charge is -2.26. The van der Waals surface area contributed by atoms with E-state index in [0.29, 0.717) is 6.54 Å². The number of carbonyl (C=O) groups excluding carboxylic acids is 2. The van der Waals surface area contributed by atoms with E-state index in [-0.39, 0.29) is 18.3 Å². The van der Waals surface area contributed by atoms with Gasteiger partial charge in [0, 0.05) is 12.2 Å². The molecular formula is C15H23ClN4O2. The molecule has 0 radical (unpaired) electrons. The number of anilines is 1.